The second-order valence-corrected chi connectivity index (χ2v) is 5.59. The molecule has 0 unspecified atom stereocenters. The van der Waals surface area contributed by atoms with Crippen molar-refractivity contribution in [3.8, 4) is 0 Å². The van der Waals surface area contributed by atoms with Crippen LogP contribution in [0.25, 0.3) is 0 Å². The van der Waals surface area contributed by atoms with E-state index in [2.05, 4.69) is 5.32 Å². The Balaban J connectivity index is 2.22. The van der Waals surface area contributed by atoms with Crippen LogP contribution in [0.4, 0.5) is 11.4 Å². The number of rotatable bonds is 6. The van der Waals surface area contributed by atoms with Gasteiger partial charge in [0.2, 0.25) is 0 Å². The minimum atomic E-state index is -0.690. The van der Waals surface area contributed by atoms with Gasteiger partial charge in [-0.25, -0.2) is 4.79 Å². The van der Waals surface area contributed by atoms with Crippen molar-refractivity contribution in [3.05, 3.63) is 55.8 Å². The average Bonchev–Trinajstić information content (AvgIpc) is 2.90. The number of nitrogens with zero attached hydrogens (tertiary/aromatic N) is 1. The van der Waals surface area contributed by atoms with Crippen LogP contribution >= 0.6 is 11.3 Å². The number of benzene rings is 1. The highest BCUT2D eigenvalue weighted by molar-refractivity contribution is 7.10. The first-order chi connectivity index (χ1) is 10.5. The van der Waals surface area contributed by atoms with Crippen LogP contribution in [0.5, 0.6) is 0 Å². The summed E-state index contributed by atoms with van der Waals surface area (Å²) in [6.45, 7) is 4.45. The van der Waals surface area contributed by atoms with Crippen LogP contribution in [-0.4, -0.2) is 17.5 Å². The Labute approximate surface area is 131 Å². The molecule has 22 heavy (non-hydrogen) atoms. The molecule has 7 heteroatoms. The Morgan fingerprint density at radius 3 is 2.77 bits per heavy atom. The molecular formula is C15H16N2O4S. The van der Waals surface area contributed by atoms with E-state index in [-0.39, 0.29) is 17.9 Å². The number of nitro groups is 1. The summed E-state index contributed by atoms with van der Waals surface area (Å²) < 4.78 is 4.87. The van der Waals surface area contributed by atoms with Gasteiger partial charge in [-0.2, -0.15) is 0 Å². The molecule has 1 aromatic carbocycles. The first kappa shape index (κ1) is 16.0. The molecule has 116 valence electrons. The smallest absolute Gasteiger partial charge is 0.345 e. The predicted octanol–water partition coefficient (Wildman–Crippen LogP) is 3.75. The molecule has 6 nitrogen and oxygen atoms in total. The van der Waals surface area contributed by atoms with Crippen molar-refractivity contribution in [2.45, 2.75) is 20.4 Å². The molecule has 0 amide bonds. The fourth-order valence-electron chi connectivity index (χ4n) is 1.95. The van der Waals surface area contributed by atoms with Gasteiger partial charge in [-0.15, -0.1) is 11.3 Å². The lowest BCUT2D eigenvalue weighted by molar-refractivity contribution is -0.385. The minimum Gasteiger partial charge on any atom is -0.462 e. The second-order valence-electron chi connectivity index (χ2n) is 4.59. The molecule has 1 aromatic heterocycles. The Hall–Kier alpha value is -2.41. The SMILES string of the molecule is CCOC(=O)c1cc(NCc2sccc2C)ccc1[N+](=O)[O-]. The number of nitro benzene ring substituents is 1. The maximum atomic E-state index is 11.9. The third-order valence-electron chi connectivity index (χ3n) is 3.11. The number of hydrogen-bond donors (Lipinski definition) is 1. The zero-order chi connectivity index (χ0) is 16.1. The monoisotopic (exact) mass is 320 g/mol. The first-order valence-corrected chi connectivity index (χ1v) is 7.63. The van der Waals surface area contributed by atoms with Crippen molar-refractivity contribution in [2.24, 2.45) is 0 Å². The summed E-state index contributed by atoms with van der Waals surface area (Å²) in [6, 6.07) is 6.39. The summed E-state index contributed by atoms with van der Waals surface area (Å²) >= 11 is 1.63. The van der Waals surface area contributed by atoms with E-state index in [1.54, 1.807) is 24.3 Å². The van der Waals surface area contributed by atoms with Gasteiger partial charge in [0.1, 0.15) is 5.56 Å². The second kappa shape index (κ2) is 7.04. The minimum absolute atomic E-state index is 0.0419. The molecule has 0 bridgehead atoms. The van der Waals surface area contributed by atoms with Crippen LogP contribution < -0.4 is 5.32 Å². The Morgan fingerprint density at radius 1 is 1.41 bits per heavy atom. The maximum absolute atomic E-state index is 11.9. The van der Waals surface area contributed by atoms with Crippen molar-refractivity contribution < 1.29 is 14.5 Å². The van der Waals surface area contributed by atoms with E-state index in [0.29, 0.717) is 12.2 Å². The number of hydrogen-bond acceptors (Lipinski definition) is 6. The molecule has 0 fully saturated rings. The van der Waals surface area contributed by atoms with E-state index < -0.39 is 10.9 Å². The third-order valence-corrected chi connectivity index (χ3v) is 4.13. The summed E-state index contributed by atoms with van der Waals surface area (Å²) in [4.78, 5) is 23.5. The lowest BCUT2D eigenvalue weighted by Crippen LogP contribution is -2.09. The molecule has 1 N–H and O–H groups in total. The van der Waals surface area contributed by atoms with Gasteiger partial charge in [0.25, 0.3) is 5.69 Å². The molecule has 0 aliphatic heterocycles. The van der Waals surface area contributed by atoms with Crippen molar-refractivity contribution in [1.29, 1.82) is 0 Å². The Bertz CT molecular complexity index is 697. The molecule has 0 atom stereocenters. The van der Waals surface area contributed by atoms with E-state index in [1.807, 2.05) is 18.4 Å². The van der Waals surface area contributed by atoms with Crippen LogP contribution in [0.15, 0.2) is 29.6 Å². The van der Waals surface area contributed by atoms with Crippen molar-refractivity contribution in [1.82, 2.24) is 0 Å². The van der Waals surface area contributed by atoms with E-state index in [0.717, 1.165) is 0 Å². The van der Waals surface area contributed by atoms with Crippen LogP contribution in [0, 0.1) is 17.0 Å². The van der Waals surface area contributed by atoms with Crippen molar-refractivity contribution in [2.75, 3.05) is 11.9 Å². The molecular weight excluding hydrogens is 304 g/mol. The zero-order valence-corrected chi connectivity index (χ0v) is 13.1. The molecule has 0 saturated heterocycles. The molecule has 2 rings (SSSR count). The van der Waals surface area contributed by atoms with Gasteiger partial charge in [0.05, 0.1) is 11.5 Å². The van der Waals surface area contributed by atoms with Gasteiger partial charge in [-0.05, 0) is 43.0 Å². The third kappa shape index (κ3) is 3.62. The van der Waals surface area contributed by atoms with Crippen LogP contribution in [0.2, 0.25) is 0 Å². The van der Waals surface area contributed by atoms with Gasteiger partial charge in [0.15, 0.2) is 0 Å². The van der Waals surface area contributed by atoms with Gasteiger partial charge >= 0.3 is 5.97 Å². The number of carbonyl (C=O) groups excluding carboxylic acids is 1. The molecule has 0 aliphatic rings. The van der Waals surface area contributed by atoms with E-state index in [1.165, 1.54) is 22.6 Å². The number of anilines is 1. The summed E-state index contributed by atoms with van der Waals surface area (Å²) in [5, 5.41) is 16.2. The number of aryl methyl sites for hydroxylation is 1. The van der Waals surface area contributed by atoms with E-state index >= 15 is 0 Å². The summed E-state index contributed by atoms with van der Waals surface area (Å²) in [6.07, 6.45) is 0. The molecule has 0 saturated carbocycles. The van der Waals surface area contributed by atoms with Crippen LogP contribution in [0.1, 0.15) is 27.7 Å². The molecule has 0 aliphatic carbocycles. The summed E-state index contributed by atoms with van der Waals surface area (Å²) in [5.41, 5.74) is 1.53. The molecule has 0 radical (unpaired) electrons. The van der Waals surface area contributed by atoms with Gasteiger partial charge in [-0.3, -0.25) is 10.1 Å². The summed E-state index contributed by atoms with van der Waals surface area (Å²) in [5.74, 6) is -0.690. The number of thiophene rings is 1. The highest BCUT2D eigenvalue weighted by Gasteiger charge is 2.21. The normalized spacial score (nSPS) is 10.3. The maximum Gasteiger partial charge on any atom is 0.345 e. The van der Waals surface area contributed by atoms with Gasteiger partial charge < -0.3 is 10.1 Å². The lowest BCUT2D eigenvalue weighted by atomic mass is 10.1. The number of nitrogens with one attached hydrogen (secondary N) is 1. The first-order valence-electron chi connectivity index (χ1n) is 6.75. The van der Waals surface area contributed by atoms with Crippen LogP contribution in [0.3, 0.4) is 0 Å². The fraction of sp³-hybridized carbons (Fsp3) is 0.267. The summed E-state index contributed by atoms with van der Waals surface area (Å²) in [7, 11) is 0. The van der Waals surface area contributed by atoms with Crippen molar-refractivity contribution in [3.63, 3.8) is 0 Å². The largest absolute Gasteiger partial charge is 0.462 e. The number of carbonyl (C=O) groups is 1. The molecule has 1 heterocycles. The van der Waals surface area contributed by atoms with Crippen LogP contribution in [-0.2, 0) is 11.3 Å². The number of ether oxygens (including phenoxy) is 1. The van der Waals surface area contributed by atoms with Crippen molar-refractivity contribution >= 4 is 28.7 Å². The molecule has 2 aromatic rings. The average molecular weight is 320 g/mol. The Morgan fingerprint density at radius 2 is 2.18 bits per heavy atom. The number of esters is 1. The van der Waals surface area contributed by atoms with E-state index in [4.69, 9.17) is 4.74 Å². The molecule has 0 spiro atoms. The predicted molar refractivity (Wildman–Crippen MR) is 85.4 cm³/mol. The lowest BCUT2D eigenvalue weighted by Gasteiger charge is -2.08. The highest BCUT2D eigenvalue weighted by Crippen LogP contribution is 2.25. The van der Waals surface area contributed by atoms with E-state index in [9.17, 15) is 14.9 Å². The fourth-order valence-corrected chi connectivity index (χ4v) is 2.79. The van der Waals surface area contributed by atoms with Gasteiger partial charge in [-0.1, -0.05) is 0 Å². The Kier molecular flexibility index (Phi) is 5.11. The standard InChI is InChI=1S/C15H16N2O4S/c1-3-21-15(18)12-8-11(4-5-13(12)17(19)20)16-9-14-10(2)6-7-22-14/h4-8,16H,3,9H2,1-2H3. The topological polar surface area (TPSA) is 81.5 Å². The highest BCUT2D eigenvalue weighted by atomic mass is 32.1. The van der Waals surface area contributed by atoms with Gasteiger partial charge in [0, 0.05) is 23.2 Å². The zero-order valence-electron chi connectivity index (χ0n) is 12.3. The quantitative estimate of drug-likeness (QED) is 0.498.